The third-order valence-corrected chi connectivity index (χ3v) is 4.39. The highest BCUT2D eigenvalue weighted by molar-refractivity contribution is 5.90. The molecule has 132 valence electrons. The fraction of sp³-hybridized carbons (Fsp3) is 0.412. The van der Waals surface area contributed by atoms with Gasteiger partial charge in [0, 0.05) is 25.1 Å². The average Bonchev–Trinajstić information content (AvgIpc) is 3.27. The second-order valence-corrected chi connectivity index (χ2v) is 6.12. The summed E-state index contributed by atoms with van der Waals surface area (Å²) in [7, 11) is 1.77. The summed E-state index contributed by atoms with van der Waals surface area (Å²) in [6, 6.07) is 8.56. The van der Waals surface area contributed by atoms with Gasteiger partial charge in [-0.05, 0) is 41.8 Å². The largest absolute Gasteiger partial charge is 0.296 e. The molecule has 0 radical (unpaired) electrons. The Morgan fingerprint density at radius 3 is 2.88 bits per heavy atom. The summed E-state index contributed by atoms with van der Waals surface area (Å²) in [5, 5.41) is 20.6. The smallest absolute Gasteiger partial charge is 0.267 e. The van der Waals surface area contributed by atoms with Gasteiger partial charge in [0.1, 0.15) is 0 Å². The highest BCUT2D eigenvalue weighted by Gasteiger charge is 2.25. The fourth-order valence-corrected chi connectivity index (χ4v) is 3.18. The van der Waals surface area contributed by atoms with Crippen LogP contribution in [-0.4, -0.2) is 49.3 Å². The Kier molecular flexibility index (Phi) is 5.52. The third-order valence-electron chi connectivity index (χ3n) is 4.39. The number of aryl methyl sites for hydroxylation is 1. The monoisotopic (exact) mass is 342 g/mol. The van der Waals surface area contributed by atoms with Crippen molar-refractivity contribution in [2.45, 2.75) is 25.3 Å². The molecule has 2 N–H and O–H groups in total. The summed E-state index contributed by atoms with van der Waals surface area (Å²) in [5.74, 6) is 0.236. The molecule has 0 spiro atoms. The van der Waals surface area contributed by atoms with Gasteiger partial charge in [0.15, 0.2) is 5.82 Å². The lowest BCUT2D eigenvalue weighted by Gasteiger charge is -2.24. The van der Waals surface area contributed by atoms with Gasteiger partial charge >= 0.3 is 0 Å². The van der Waals surface area contributed by atoms with E-state index in [0.29, 0.717) is 6.04 Å². The number of carbonyl (C=O) groups excluding carboxylic acids is 1. The minimum Gasteiger partial charge on any atom is -0.296 e. The lowest BCUT2D eigenvalue weighted by molar-refractivity contribution is -0.124. The van der Waals surface area contributed by atoms with Crippen LogP contribution in [0.4, 0.5) is 0 Å². The van der Waals surface area contributed by atoms with Gasteiger partial charge < -0.3 is 0 Å². The lowest BCUT2D eigenvalue weighted by atomic mass is 10.0. The van der Waals surface area contributed by atoms with Crippen LogP contribution in [0.15, 0.2) is 30.3 Å². The van der Waals surface area contributed by atoms with E-state index in [-0.39, 0.29) is 0 Å². The summed E-state index contributed by atoms with van der Waals surface area (Å²) < 4.78 is 0. The minimum absolute atomic E-state index is 0.399. The Morgan fingerprint density at radius 2 is 2.20 bits per heavy atom. The SMILES string of the molecule is Cn1nnc(CCN2CCC[C@H]2c2ccc(/C=C/C(=O)NO)cc2)n1. The number of tetrazole rings is 1. The third kappa shape index (κ3) is 4.49. The molecule has 25 heavy (non-hydrogen) atoms. The molecule has 1 fully saturated rings. The van der Waals surface area contributed by atoms with Crippen LogP contribution in [0.1, 0.15) is 35.8 Å². The van der Waals surface area contributed by atoms with Crippen molar-refractivity contribution in [3.05, 3.63) is 47.3 Å². The molecule has 1 aromatic carbocycles. The van der Waals surface area contributed by atoms with Crippen molar-refractivity contribution < 1.29 is 10.0 Å². The second-order valence-electron chi connectivity index (χ2n) is 6.12. The number of benzene rings is 1. The highest BCUT2D eigenvalue weighted by atomic mass is 16.5. The summed E-state index contributed by atoms with van der Waals surface area (Å²) in [6.45, 7) is 1.98. The standard InChI is InChI=1S/C17H22N6O2/c1-22-19-16(18-21-22)10-12-23-11-2-3-15(23)14-7-4-13(5-8-14)6-9-17(24)20-25/h4-9,15,25H,2-3,10-12H2,1H3,(H,20,24)/b9-6+/t15-/m0/s1. The van der Waals surface area contributed by atoms with Gasteiger partial charge in [-0.1, -0.05) is 24.3 Å². The van der Waals surface area contributed by atoms with Gasteiger partial charge in [0.2, 0.25) is 0 Å². The van der Waals surface area contributed by atoms with E-state index in [1.807, 2.05) is 12.1 Å². The van der Waals surface area contributed by atoms with Gasteiger partial charge in [0.25, 0.3) is 5.91 Å². The van der Waals surface area contributed by atoms with Crippen LogP contribution < -0.4 is 5.48 Å². The Balaban J connectivity index is 1.61. The Labute approximate surface area is 146 Å². The van der Waals surface area contributed by atoms with E-state index in [4.69, 9.17) is 5.21 Å². The molecule has 1 amide bonds. The highest BCUT2D eigenvalue weighted by Crippen LogP contribution is 2.31. The van der Waals surface area contributed by atoms with Gasteiger partial charge in [0.05, 0.1) is 7.05 Å². The molecule has 1 aliphatic heterocycles. The van der Waals surface area contributed by atoms with Crippen LogP contribution in [0.3, 0.4) is 0 Å². The molecule has 8 heteroatoms. The number of carbonyl (C=O) groups is 1. The molecule has 2 aromatic rings. The van der Waals surface area contributed by atoms with Crippen LogP contribution >= 0.6 is 0 Å². The van der Waals surface area contributed by atoms with Crippen molar-refractivity contribution >= 4 is 12.0 Å². The fourth-order valence-electron chi connectivity index (χ4n) is 3.18. The number of aromatic nitrogens is 4. The zero-order chi connectivity index (χ0) is 17.6. The Bertz CT molecular complexity index is 740. The quantitative estimate of drug-likeness (QED) is 0.464. The summed E-state index contributed by atoms with van der Waals surface area (Å²) in [4.78, 5) is 15.0. The molecule has 0 aliphatic carbocycles. The van der Waals surface area contributed by atoms with Crippen molar-refractivity contribution in [1.29, 1.82) is 0 Å². The first kappa shape index (κ1) is 17.2. The van der Waals surface area contributed by atoms with E-state index in [2.05, 4.69) is 32.4 Å². The Hall–Kier alpha value is -2.58. The van der Waals surface area contributed by atoms with E-state index < -0.39 is 5.91 Å². The number of amides is 1. The maximum Gasteiger partial charge on any atom is 0.267 e. The topological polar surface area (TPSA) is 96.2 Å². The van der Waals surface area contributed by atoms with E-state index >= 15 is 0 Å². The van der Waals surface area contributed by atoms with Crippen LogP contribution in [-0.2, 0) is 18.3 Å². The first-order valence-electron chi connectivity index (χ1n) is 8.35. The number of hydrogen-bond donors (Lipinski definition) is 2. The lowest BCUT2D eigenvalue weighted by Crippen LogP contribution is -2.26. The van der Waals surface area contributed by atoms with Gasteiger partial charge in [-0.2, -0.15) is 4.80 Å². The first-order chi connectivity index (χ1) is 12.2. The molecule has 0 unspecified atom stereocenters. The van der Waals surface area contributed by atoms with Gasteiger partial charge in [-0.25, -0.2) is 5.48 Å². The second kappa shape index (κ2) is 8.00. The maximum absolute atomic E-state index is 11.0. The van der Waals surface area contributed by atoms with Crippen molar-refractivity contribution in [3.8, 4) is 0 Å². The molecule has 1 saturated heterocycles. The number of hydrogen-bond acceptors (Lipinski definition) is 6. The minimum atomic E-state index is -0.538. The van der Waals surface area contributed by atoms with E-state index in [1.54, 1.807) is 18.6 Å². The number of rotatable bonds is 6. The Morgan fingerprint density at radius 1 is 1.40 bits per heavy atom. The molecule has 1 aromatic heterocycles. The molecule has 8 nitrogen and oxygen atoms in total. The van der Waals surface area contributed by atoms with Crippen LogP contribution in [0, 0.1) is 0 Å². The molecule has 1 aliphatic rings. The number of nitrogens with one attached hydrogen (secondary N) is 1. The molecule has 3 rings (SSSR count). The van der Waals surface area contributed by atoms with Crippen molar-refractivity contribution in [2.24, 2.45) is 7.05 Å². The summed E-state index contributed by atoms with van der Waals surface area (Å²) in [5.41, 5.74) is 3.77. The normalized spacial score (nSPS) is 18.1. The zero-order valence-electron chi connectivity index (χ0n) is 14.2. The molecular weight excluding hydrogens is 320 g/mol. The molecule has 0 saturated carbocycles. The number of likely N-dealkylation sites (tertiary alicyclic amines) is 1. The molecule has 0 bridgehead atoms. The predicted octanol–water partition coefficient (Wildman–Crippen LogP) is 1.11. The molecule has 2 heterocycles. The maximum atomic E-state index is 11.0. The van der Waals surface area contributed by atoms with Gasteiger partial charge in [-0.15, -0.1) is 10.2 Å². The average molecular weight is 342 g/mol. The zero-order valence-corrected chi connectivity index (χ0v) is 14.2. The van der Waals surface area contributed by atoms with Crippen LogP contribution in [0.2, 0.25) is 0 Å². The van der Waals surface area contributed by atoms with E-state index in [0.717, 1.165) is 37.3 Å². The van der Waals surface area contributed by atoms with Crippen LogP contribution in [0.5, 0.6) is 0 Å². The number of nitrogens with zero attached hydrogens (tertiary/aromatic N) is 5. The van der Waals surface area contributed by atoms with Crippen LogP contribution in [0.25, 0.3) is 6.08 Å². The van der Waals surface area contributed by atoms with Crippen molar-refractivity contribution in [1.82, 2.24) is 30.6 Å². The van der Waals surface area contributed by atoms with E-state index in [9.17, 15) is 4.79 Å². The summed E-state index contributed by atoms with van der Waals surface area (Å²) >= 11 is 0. The van der Waals surface area contributed by atoms with Gasteiger partial charge in [-0.3, -0.25) is 14.9 Å². The molecular formula is C17H22N6O2. The van der Waals surface area contributed by atoms with E-state index in [1.165, 1.54) is 22.9 Å². The van der Waals surface area contributed by atoms with Crippen molar-refractivity contribution in [3.63, 3.8) is 0 Å². The number of hydroxylamine groups is 1. The summed E-state index contributed by atoms with van der Waals surface area (Å²) in [6.07, 6.45) is 6.07. The molecule has 1 atom stereocenters. The predicted molar refractivity (Wildman–Crippen MR) is 91.5 cm³/mol. The first-order valence-corrected chi connectivity index (χ1v) is 8.35. The van der Waals surface area contributed by atoms with Crippen molar-refractivity contribution in [2.75, 3.05) is 13.1 Å².